The first kappa shape index (κ1) is 23.6. The van der Waals surface area contributed by atoms with E-state index in [1.54, 1.807) is 12.5 Å². The highest BCUT2D eigenvalue weighted by molar-refractivity contribution is 7.88. The Kier molecular flexibility index (Phi) is 6.67. The maximum atomic E-state index is 11.9. The number of morpholine rings is 1. The average Bonchev–Trinajstić information content (AvgIpc) is 3.28. The van der Waals surface area contributed by atoms with E-state index in [1.165, 1.54) is 10.6 Å². The number of ether oxygens (including phenoxy) is 1. The molecule has 0 radical (unpaired) electrons. The maximum absolute atomic E-state index is 11.9. The van der Waals surface area contributed by atoms with Crippen molar-refractivity contribution in [2.45, 2.75) is 25.8 Å². The summed E-state index contributed by atoms with van der Waals surface area (Å²) in [4.78, 5) is 16.3. The number of hydrogen-bond donors (Lipinski definition) is 1. The highest BCUT2D eigenvalue weighted by atomic mass is 32.2. The van der Waals surface area contributed by atoms with Gasteiger partial charge in [-0.05, 0) is 25.3 Å². The Morgan fingerprint density at radius 1 is 1.14 bits per heavy atom. The summed E-state index contributed by atoms with van der Waals surface area (Å²) in [5.74, 6) is 1.14. The zero-order chi connectivity index (χ0) is 24.4. The van der Waals surface area contributed by atoms with Crippen LogP contribution >= 0.6 is 0 Å². The van der Waals surface area contributed by atoms with Gasteiger partial charge in [0.1, 0.15) is 0 Å². The van der Waals surface area contributed by atoms with Crippen molar-refractivity contribution in [3.8, 4) is 0 Å². The Labute approximate surface area is 204 Å². The zero-order valence-corrected chi connectivity index (χ0v) is 20.8. The Morgan fingerprint density at radius 2 is 1.91 bits per heavy atom. The van der Waals surface area contributed by atoms with Crippen LogP contribution in [0.3, 0.4) is 0 Å². The number of fused-ring (bicyclic) bond motifs is 1. The molecule has 1 aromatic carbocycles. The second-order valence-corrected chi connectivity index (χ2v) is 11.0. The summed E-state index contributed by atoms with van der Waals surface area (Å²) in [7, 11) is -3.19. The van der Waals surface area contributed by atoms with Crippen molar-refractivity contribution >= 4 is 39.2 Å². The molecule has 2 aliphatic heterocycles. The van der Waals surface area contributed by atoms with Crippen LogP contribution in [0.4, 0.5) is 11.8 Å². The second-order valence-electron chi connectivity index (χ2n) is 8.97. The first-order chi connectivity index (χ1) is 16.9. The molecule has 3 aromatic rings. The van der Waals surface area contributed by atoms with Gasteiger partial charge in [-0.3, -0.25) is 5.43 Å². The molecular formula is C23H30N8O3S. The van der Waals surface area contributed by atoms with Crippen LogP contribution in [0.25, 0.3) is 11.2 Å². The Bertz CT molecular complexity index is 1330. The van der Waals surface area contributed by atoms with Crippen molar-refractivity contribution in [2.75, 3.05) is 56.0 Å². The minimum Gasteiger partial charge on any atom is -0.378 e. The number of sulfonamides is 1. The minimum atomic E-state index is -3.19. The molecule has 186 valence electrons. The first-order valence-corrected chi connectivity index (χ1v) is 13.6. The Morgan fingerprint density at radius 3 is 2.63 bits per heavy atom. The minimum absolute atomic E-state index is 0.106. The average molecular weight is 499 g/mol. The summed E-state index contributed by atoms with van der Waals surface area (Å²) in [5, 5.41) is 4.42. The smallest absolute Gasteiger partial charge is 0.229 e. The van der Waals surface area contributed by atoms with E-state index in [1.807, 2.05) is 25.1 Å². The van der Waals surface area contributed by atoms with Gasteiger partial charge in [0.25, 0.3) is 0 Å². The maximum Gasteiger partial charge on any atom is 0.229 e. The summed E-state index contributed by atoms with van der Waals surface area (Å²) in [6.07, 6.45) is 6.19. The van der Waals surface area contributed by atoms with Gasteiger partial charge in [0, 0.05) is 32.2 Å². The van der Waals surface area contributed by atoms with Crippen molar-refractivity contribution in [3.05, 3.63) is 41.7 Å². The lowest BCUT2D eigenvalue weighted by Gasteiger charge is -2.31. The van der Waals surface area contributed by atoms with E-state index in [0.29, 0.717) is 75.2 Å². The number of rotatable bonds is 6. The number of aryl methyl sites for hydroxylation is 1. The fraction of sp³-hybridized carbons (Fsp3) is 0.478. The normalized spacial score (nSPS) is 18.5. The van der Waals surface area contributed by atoms with E-state index in [2.05, 4.69) is 31.0 Å². The molecule has 12 heteroatoms. The molecule has 2 fully saturated rings. The highest BCUT2D eigenvalue weighted by Crippen LogP contribution is 2.30. The summed E-state index contributed by atoms with van der Waals surface area (Å²) in [5.41, 5.74) is 6.57. The number of aromatic nitrogens is 4. The van der Waals surface area contributed by atoms with Gasteiger partial charge < -0.3 is 14.2 Å². The van der Waals surface area contributed by atoms with Gasteiger partial charge in [0.15, 0.2) is 17.0 Å². The fourth-order valence-corrected chi connectivity index (χ4v) is 5.40. The molecule has 35 heavy (non-hydrogen) atoms. The molecule has 4 heterocycles. The molecule has 2 aliphatic rings. The summed E-state index contributed by atoms with van der Waals surface area (Å²) in [6, 6.07) is 8.18. The molecule has 0 spiro atoms. The van der Waals surface area contributed by atoms with Crippen LogP contribution in [0, 0.1) is 6.92 Å². The molecule has 0 atom stereocenters. The van der Waals surface area contributed by atoms with Crippen molar-refractivity contribution in [3.63, 3.8) is 0 Å². The van der Waals surface area contributed by atoms with Crippen LogP contribution in [0.2, 0.25) is 0 Å². The Hall–Kier alpha value is -3.09. The number of piperidine rings is 1. The van der Waals surface area contributed by atoms with E-state index in [9.17, 15) is 8.42 Å². The van der Waals surface area contributed by atoms with Gasteiger partial charge in [-0.1, -0.05) is 29.8 Å². The van der Waals surface area contributed by atoms with Crippen LogP contribution in [-0.4, -0.2) is 84.1 Å². The number of nitrogens with one attached hydrogen (secondary N) is 1. The molecule has 0 bridgehead atoms. The summed E-state index contributed by atoms with van der Waals surface area (Å²) < 4.78 is 32.9. The van der Waals surface area contributed by atoms with Gasteiger partial charge >= 0.3 is 0 Å². The number of hydrazone groups is 1. The van der Waals surface area contributed by atoms with Gasteiger partial charge in [-0.2, -0.15) is 15.1 Å². The molecule has 5 rings (SSSR count). The lowest BCUT2D eigenvalue weighted by Crippen LogP contribution is -2.38. The second kappa shape index (κ2) is 9.88. The van der Waals surface area contributed by atoms with Gasteiger partial charge in [0.05, 0.1) is 32.0 Å². The molecule has 0 unspecified atom stereocenters. The standard InChI is InChI=1S/C23H30N8O3S/c1-17-4-3-5-18(14-17)15-25-28-21-20-22(27-23(26-21)29-10-12-34-13-11-29)31(16-24-20)19-6-8-30(9-7-19)35(2,32)33/h3-5,14-16,19H,6-13H2,1-2H3,(H,26,27,28)/b25-15+. The molecule has 0 aliphatic carbocycles. The van der Waals surface area contributed by atoms with Gasteiger partial charge in [0.2, 0.25) is 16.0 Å². The molecule has 1 N–H and O–H groups in total. The third-order valence-electron chi connectivity index (χ3n) is 6.42. The third-order valence-corrected chi connectivity index (χ3v) is 7.72. The van der Waals surface area contributed by atoms with E-state index in [-0.39, 0.29) is 6.04 Å². The monoisotopic (exact) mass is 498 g/mol. The summed E-state index contributed by atoms with van der Waals surface area (Å²) in [6.45, 7) is 5.67. The first-order valence-electron chi connectivity index (χ1n) is 11.8. The van der Waals surface area contributed by atoms with Crippen LogP contribution in [0.1, 0.15) is 30.0 Å². The SMILES string of the molecule is Cc1cccc(/C=N/Nc2nc(N3CCOCC3)nc3c2ncn3C2CCN(S(C)(=O)=O)CC2)c1. The van der Waals surface area contributed by atoms with E-state index >= 15 is 0 Å². The predicted octanol–water partition coefficient (Wildman–Crippen LogP) is 2.01. The van der Waals surface area contributed by atoms with E-state index in [0.717, 1.165) is 11.1 Å². The van der Waals surface area contributed by atoms with Crippen molar-refractivity contribution in [1.29, 1.82) is 0 Å². The molecule has 0 saturated carbocycles. The third kappa shape index (κ3) is 5.29. The van der Waals surface area contributed by atoms with Crippen LogP contribution in [0.15, 0.2) is 35.7 Å². The van der Waals surface area contributed by atoms with Crippen molar-refractivity contribution in [1.82, 2.24) is 23.8 Å². The number of anilines is 2. The van der Waals surface area contributed by atoms with Crippen molar-refractivity contribution in [2.24, 2.45) is 5.10 Å². The summed E-state index contributed by atoms with van der Waals surface area (Å²) >= 11 is 0. The fourth-order valence-electron chi connectivity index (χ4n) is 4.53. The lowest BCUT2D eigenvalue weighted by molar-refractivity contribution is 0.122. The molecule has 2 saturated heterocycles. The van der Waals surface area contributed by atoms with Crippen LogP contribution in [-0.2, 0) is 14.8 Å². The van der Waals surface area contributed by atoms with Crippen LogP contribution < -0.4 is 10.3 Å². The quantitative estimate of drug-likeness (QED) is 0.405. The van der Waals surface area contributed by atoms with Gasteiger partial charge in [-0.15, -0.1) is 0 Å². The number of nitrogens with zero attached hydrogens (tertiary/aromatic N) is 7. The van der Waals surface area contributed by atoms with E-state index in [4.69, 9.17) is 14.7 Å². The zero-order valence-electron chi connectivity index (χ0n) is 20.0. The predicted molar refractivity (Wildman–Crippen MR) is 135 cm³/mol. The molecular weight excluding hydrogens is 468 g/mol. The number of benzene rings is 1. The molecule has 0 amide bonds. The Balaban J connectivity index is 1.46. The number of imidazole rings is 1. The molecule has 2 aromatic heterocycles. The lowest BCUT2D eigenvalue weighted by atomic mass is 10.1. The van der Waals surface area contributed by atoms with Gasteiger partial charge in [-0.25, -0.2) is 17.7 Å². The largest absolute Gasteiger partial charge is 0.378 e. The van der Waals surface area contributed by atoms with E-state index < -0.39 is 10.0 Å². The highest BCUT2D eigenvalue weighted by Gasteiger charge is 2.28. The van der Waals surface area contributed by atoms with Crippen LogP contribution in [0.5, 0.6) is 0 Å². The molecule has 11 nitrogen and oxygen atoms in total. The number of hydrogen-bond acceptors (Lipinski definition) is 9. The van der Waals surface area contributed by atoms with Crippen molar-refractivity contribution < 1.29 is 13.2 Å². The topological polar surface area (TPSA) is 118 Å².